The van der Waals surface area contributed by atoms with Gasteiger partial charge in [-0.15, -0.1) is 0 Å². The van der Waals surface area contributed by atoms with Crippen molar-refractivity contribution in [3.05, 3.63) is 82.9 Å². The lowest BCUT2D eigenvalue weighted by molar-refractivity contribution is 0.388. The predicted molar refractivity (Wildman–Crippen MR) is 126 cm³/mol. The first-order valence-electron chi connectivity index (χ1n) is 10.4. The quantitative estimate of drug-likeness (QED) is 0.238. The molecule has 34 heavy (non-hydrogen) atoms. The summed E-state index contributed by atoms with van der Waals surface area (Å²) in [7, 11) is 3.16. The molecule has 0 bridgehead atoms. The highest BCUT2D eigenvalue weighted by Gasteiger charge is 2.17. The van der Waals surface area contributed by atoms with Gasteiger partial charge in [0.05, 0.1) is 49.2 Å². The second-order valence-electron chi connectivity index (χ2n) is 7.25. The summed E-state index contributed by atoms with van der Waals surface area (Å²) in [5, 5.41) is 5.17. The number of ether oxygens (including phenoxy) is 2. The van der Waals surface area contributed by atoms with E-state index in [4.69, 9.17) is 23.4 Å². The van der Waals surface area contributed by atoms with Gasteiger partial charge in [-0.25, -0.2) is 4.98 Å². The highest BCUT2D eigenvalue weighted by molar-refractivity contribution is 7.98. The average molecular weight is 477 g/mol. The van der Waals surface area contributed by atoms with E-state index < -0.39 is 0 Å². The zero-order valence-electron chi connectivity index (χ0n) is 18.4. The second kappa shape index (κ2) is 9.44. The molecule has 0 fully saturated rings. The fraction of sp³-hybridized carbons (Fsp3) is 0.167. The summed E-state index contributed by atoms with van der Waals surface area (Å²) >= 11 is 1.34. The SMILES string of the molecule is COc1ccc(-c2noc(CSc3nc4ccccc4c(=O)n3Cc3ccco3)n2)c(OC)c1. The zero-order chi connectivity index (χ0) is 23.5. The molecule has 5 aromatic rings. The van der Waals surface area contributed by atoms with Gasteiger partial charge in [-0.3, -0.25) is 9.36 Å². The van der Waals surface area contributed by atoms with Crippen molar-refractivity contribution in [2.75, 3.05) is 14.2 Å². The highest BCUT2D eigenvalue weighted by atomic mass is 32.2. The van der Waals surface area contributed by atoms with Crippen molar-refractivity contribution in [2.24, 2.45) is 0 Å². The molecular weight excluding hydrogens is 456 g/mol. The standard InChI is InChI=1S/C24H20N4O5S/c1-30-15-9-10-18(20(12-15)31-2)22-26-21(33-27-22)14-34-24-25-19-8-4-3-7-17(19)23(29)28(24)13-16-6-5-11-32-16/h3-12H,13-14H2,1-2H3. The minimum atomic E-state index is -0.140. The van der Waals surface area contributed by atoms with Crippen LogP contribution in [0.2, 0.25) is 0 Å². The molecule has 3 aromatic heterocycles. The Hall–Kier alpha value is -4.05. The molecule has 172 valence electrons. The van der Waals surface area contributed by atoms with Gasteiger partial charge in [0.2, 0.25) is 11.7 Å². The van der Waals surface area contributed by atoms with E-state index in [1.807, 2.05) is 30.3 Å². The molecule has 2 aromatic carbocycles. The van der Waals surface area contributed by atoms with E-state index in [9.17, 15) is 4.79 Å². The first-order chi connectivity index (χ1) is 16.7. The fourth-order valence-corrected chi connectivity index (χ4v) is 4.32. The van der Waals surface area contributed by atoms with E-state index in [0.29, 0.717) is 56.4 Å². The number of aromatic nitrogens is 4. The average Bonchev–Trinajstić information content (AvgIpc) is 3.56. The Morgan fingerprint density at radius 1 is 1.03 bits per heavy atom. The normalized spacial score (nSPS) is 11.1. The monoisotopic (exact) mass is 476 g/mol. The highest BCUT2D eigenvalue weighted by Crippen LogP contribution is 2.32. The first-order valence-corrected chi connectivity index (χ1v) is 11.3. The Bertz CT molecular complexity index is 1490. The van der Waals surface area contributed by atoms with Crippen LogP contribution in [-0.2, 0) is 12.3 Å². The zero-order valence-corrected chi connectivity index (χ0v) is 19.2. The number of benzene rings is 2. The summed E-state index contributed by atoms with van der Waals surface area (Å²) in [6.07, 6.45) is 1.58. The molecule has 0 atom stereocenters. The van der Waals surface area contributed by atoms with Crippen molar-refractivity contribution < 1.29 is 18.4 Å². The topological polar surface area (TPSA) is 105 Å². The van der Waals surface area contributed by atoms with Crippen LogP contribution in [0, 0.1) is 0 Å². The Morgan fingerprint density at radius 3 is 2.71 bits per heavy atom. The number of hydrogen-bond acceptors (Lipinski definition) is 9. The summed E-state index contributed by atoms with van der Waals surface area (Å²) in [5.41, 5.74) is 1.17. The third-order valence-corrected chi connectivity index (χ3v) is 6.12. The van der Waals surface area contributed by atoms with Crippen LogP contribution < -0.4 is 15.0 Å². The van der Waals surface area contributed by atoms with Crippen LogP contribution in [-0.4, -0.2) is 33.9 Å². The van der Waals surface area contributed by atoms with Gasteiger partial charge in [-0.1, -0.05) is 29.1 Å². The number of fused-ring (bicyclic) bond motifs is 1. The number of rotatable bonds is 8. The van der Waals surface area contributed by atoms with Gasteiger partial charge in [-0.2, -0.15) is 4.98 Å². The van der Waals surface area contributed by atoms with E-state index in [1.165, 1.54) is 11.8 Å². The molecule has 0 saturated heterocycles. The molecule has 9 nitrogen and oxygen atoms in total. The van der Waals surface area contributed by atoms with Gasteiger partial charge >= 0.3 is 0 Å². The van der Waals surface area contributed by atoms with Gasteiger partial charge in [0, 0.05) is 6.07 Å². The van der Waals surface area contributed by atoms with Crippen molar-refractivity contribution in [2.45, 2.75) is 17.5 Å². The van der Waals surface area contributed by atoms with Crippen LogP contribution in [0.5, 0.6) is 11.5 Å². The van der Waals surface area contributed by atoms with Crippen LogP contribution in [0.1, 0.15) is 11.7 Å². The molecule has 0 unspecified atom stereocenters. The van der Waals surface area contributed by atoms with Gasteiger partial charge < -0.3 is 18.4 Å². The Balaban J connectivity index is 1.44. The number of thioether (sulfide) groups is 1. The maximum Gasteiger partial charge on any atom is 0.262 e. The number of para-hydroxylation sites is 1. The molecule has 0 radical (unpaired) electrons. The molecule has 10 heteroatoms. The van der Waals surface area contributed by atoms with Crippen LogP contribution >= 0.6 is 11.8 Å². The number of hydrogen-bond donors (Lipinski definition) is 0. The molecule has 0 amide bonds. The van der Waals surface area contributed by atoms with Crippen LogP contribution in [0.25, 0.3) is 22.3 Å². The first kappa shape index (κ1) is 21.8. The lowest BCUT2D eigenvalue weighted by Gasteiger charge is -2.11. The van der Waals surface area contributed by atoms with Gasteiger partial charge in [0.1, 0.15) is 17.3 Å². The van der Waals surface area contributed by atoms with Gasteiger partial charge in [-0.05, 0) is 36.4 Å². The lowest BCUT2D eigenvalue weighted by atomic mass is 10.2. The van der Waals surface area contributed by atoms with E-state index in [1.54, 1.807) is 49.3 Å². The smallest absolute Gasteiger partial charge is 0.262 e. The van der Waals surface area contributed by atoms with E-state index in [2.05, 4.69) is 10.1 Å². The van der Waals surface area contributed by atoms with Crippen LogP contribution in [0.15, 0.2) is 79.8 Å². The molecule has 0 aliphatic heterocycles. The minimum Gasteiger partial charge on any atom is -0.497 e. The van der Waals surface area contributed by atoms with E-state index in [-0.39, 0.29) is 12.1 Å². The molecule has 0 aliphatic rings. The van der Waals surface area contributed by atoms with Gasteiger partial charge in [0.15, 0.2) is 5.16 Å². The van der Waals surface area contributed by atoms with Crippen molar-refractivity contribution in [3.63, 3.8) is 0 Å². The maximum atomic E-state index is 13.2. The Labute approximate surface area is 198 Å². The Morgan fingerprint density at radius 2 is 1.91 bits per heavy atom. The largest absolute Gasteiger partial charge is 0.497 e. The van der Waals surface area contributed by atoms with Crippen molar-refractivity contribution in [3.8, 4) is 22.9 Å². The van der Waals surface area contributed by atoms with E-state index >= 15 is 0 Å². The van der Waals surface area contributed by atoms with Crippen LogP contribution in [0.4, 0.5) is 0 Å². The van der Waals surface area contributed by atoms with Gasteiger partial charge in [0.25, 0.3) is 5.56 Å². The third-order valence-electron chi connectivity index (χ3n) is 5.16. The molecule has 0 spiro atoms. The predicted octanol–water partition coefficient (Wildman–Crippen LogP) is 4.40. The third kappa shape index (κ3) is 4.27. The molecule has 5 rings (SSSR count). The fourth-order valence-electron chi connectivity index (χ4n) is 3.49. The molecule has 3 heterocycles. The number of methoxy groups -OCH3 is 2. The van der Waals surface area contributed by atoms with E-state index in [0.717, 1.165) is 0 Å². The maximum absolute atomic E-state index is 13.2. The summed E-state index contributed by atoms with van der Waals surface area (Å²) in [5.74, 6) is 3.01. The van der Waals surface area contributed by atoms with Crippen molar-refractivity contribution in [1.29, 1.82) is 0 Å². The summed E-state index contributed by atoms with van der Waals surface area (Å²) in [6.45, 7) is 0.268. The molecule has 0 aliphatic carbocycles. The molecule has 0 N–H and O–H groups in total. The van der Waals surface area contributed by atoms with Crippen molar-refractivity contribution in [1.82, 2.24) is 19.7 Å². The lowest BCUT2D eigenvalue weighted by Crippen LogP contribution is -2.23. The summed E-state index contributed by atoms with van der Waals surface area (Å²) in [6, 6.07) is 16.2. The summed E-state index contributed by atoms with van der Waals surface area (Å²) < 4.78 is 23.2. The number of nitrogens with zero attached hydrogens (tertiary/aromatic N) is 4. The second-order valence-corrected chi connectivity index (χ2v) is 8.19. The van der Waals surface area contributed by atoms with Crippen molar-refractivity contribution >= 4 is 22.7 Å². The number of furan rings is 1. The summed E-state index contributed by atoms with van der Waals surface area (Å²) in [4.78, 5) is 22.4. The van der Waals surface area contributed by atoms with Crippen LogP contribution in [0.3, 0.4) is 0 Å². The molecule has 0 saturated carbocycles. The minimum absolute atomic E-state index is 0.140. The molecular formula is C24H20N4O5S. The Kier molecular flexibility index (Phi) is 6.05.